The molecule has 0 bridgehead atoms. The molecule has 0 aliphatic heterocycles. The molecule has 0 unspecified atom stereocenters. The minimum absolute atomic E-state index is 0.0260. The second-order valence-corrected chi connectivity index (χ2v) is 13.8. The molecule has 1 rings (SSSR count). The predicted molar refractivity (Wildman–Crippen MR) is 196 cm³/mol. The molecule has 0 fully saturated rings. The normalized spacial score (nSPS) is 11.0. The molecule has 0 saturated heterocycles. The van der Waals surface area contributed by atoms with Crippen molar-refractivity contribution in [2.75, 3.05) is 6.61 Å². The van der Waals surface area contributed by atoms with Gasteiger partial charge in [-0.3, -0.25) is 4.79 Å². The van der Waals surface area contributed by atoms with Crippen LogP contribution in [0.5, 0.6) is 5.75 Å². The number of carbonyl (C=O) groups is 2. The van der Waals surface area contributed by atoms with E-state index in [1.165, 1.54) is 173 Å². The molecule has 1 aromatic carbocycles. The first-order chi connectivity index (χ1) is 22.4. The highest BCUT2D eigenvalue weighted by atomic mass is 16.5. The molecule has 0 spiro atoms. The molecule has 0 heterocycles. The van der Waals surface area contributed by atoms with Gasteiger partial charge in [-0.2, -0.15) is 0 Å². The lowest BCUT2D eigenvalue weighted by Gasteiger charge is -2.06. The van der Waals surface area contributed by atoms with Gasteiger partial charge >= 0.3 is 11.9 Å². The number of unbranched alkanes of at least 4 members (excludes halogenated alkanes) is 24. The summed E-state index contributed by atoms with van der Waals surface area (Å²) in [6, 6.07) is 5.81. The van der Waals surface area contributed by atoms with Gasteiger partial charge in [0.15, 0.2) is 0 Å². The van der Waals surface area contributed by atoms with Crippen molar-refractivity contribution < 1.29 is 24.5 Å². The second-order valence-electron chi connectivity index (χ2n) is 13.8. The number of hydrogen-bond acceptors (Lipinski definition) is 4. The Kier molecular flexibility index (Phi) is 32.8. The van der Waals surface area contributed by atoms with Crippen LogP contribution in [-0.4, -0.2) is 28.8 Å². The Balaban J connectivity index is 0.00000170. The molecule has 0 atom stereocenters. The van der Waals surface area contributed by atoms with Crippen LogP contribution in [0, 0.1) is 5.92 Å². The Bertz CT molecular complexity index is 806. The van der Waals surface area contributed by atoms with Gasteiger partial charge in [0.1, 0.15) is 11.3 Å². The molecule has 2 N–H and O–H groups in total. The quantitative estimate of drug-likeness (QED) is 0.0619. The summed E-state index contributed by atoms with van der Waals surface area (Å²) >= 11 is 0. The fraction of sp³-hybridized carbons (Fsp3) is 0.805. The third-order valence-electron chi connectivity index (χ3n) is 8.81. The first kappa shape index (κ1) is 44.0. The monoisotopic (exact) mass is 647 g/mol. The van der Waals surface area contributed by atoms with Crippen LogP contribution in [0.15, 0.2) is 24.3 Å². The summed E-state index contributed by atoms with van der Waals surface area (Å²) in [5, 5.41) is 17.3. The number of ether oxygens (including phenoxy) is 1. The van der Waals surface area contributed by atoms with Gasteiger partial charge in [0.25, 0.3) is 0 Å². The molecule has 0 aliphatic carbocycles. The van der Waals surface area contributed by atoms with E-state index in [4.69, 9.17) is 14.9 Å². The average molecular weight is 647 g/mol. The highest BCUT2D eigenvalue weighted by molar-refractivity contribution is 5.90. The van der Waals surface area contributed by atoms with Gasteiger partial charge < -0.3 is 14.9 Å². The van der Waals surface area contributed by atoms with Gasteiger partial charge in [0.05, 0.1) is 6.61 Å². The van der Waals surface area contributed by atoms with Gasteiger partial charge in [0, 0.05) is 6.42 Å². The first-order valence-electron chi connectivity index (χ1n) is 19.5. The fourth-order valence-electron chi connectivity index (χ4n) is 5.80. The third kappa shape index (κ3) is 31.9. The van der Waals surface area contributed by atoms with Crippen LogP contribution in [0.1, 0.15) is 211 Å². The van der Waals surface area contributed by atoms with Gasteiger partial charge in [0.2, 0.25) is 0 Å². The molecule has 5 heteroatoms. The smallest absolute Gasteiger partial charge is 0.339 e. The number of carboxylic acids is 1. The highest BCUT2D eigenvalue weighted by Crippen LogP contribution is 2.16. The average Bonchev–Trinajstić information content (AvgIpc) is 3.03. The van der Waals surface area contributed by atoms with E-state index in [2.05, 4.69) is 20.8 Å². The van der Waals surface area contributed by atoms with E-state index >= 15 is 0 Å². The second kappa shape index (κ2) is 34.3. The molecule has 0 saturated carbocycles. The molecule has 5 nitrogen and oxygen atoms in total. The van der Waals surface area contributed by atoms with E-state index in [0.717, 1.165) is 18.8 Å². The molecule has 0 aliphatic rings. The number of carboxylic acid groups (broad SMARTS) is 1. The van der Waals surface area contributed by atoms with Crippen molar-refractivity contribution in [1.29, 1.82) is 0 Å². The lowest BCUT2D eigenvalue weighted by molar-refractivity contribution is -0.143. The molecule has 0 amide bonds. The van der Waals surface area contributed by atoms with Crippen molar-refractivity contribution in [3.05, 3.63) is 29.8 Å². The molecular weight excluding hydrogens is 572 g/mol. The number of rotatable bonds is 31. The number of phenols is 1. The number of aromatic hydroxyl groups is 1. The largest absolute Gasteiger partial charge is 0.507 e. The Hall–Kier alpha value is -2.04. The molecular formula is C41H74O5. The van der Waals surface area contributed by atoms with Crippen LogP contribution < -0.4 is 0 Å². The Morgan fingerprint density at radius 2 is 0.978 bits per heavy atom. The van der Waals surface area contributed by atoms with Gasteiger partial charge in [-0.25, -0.2) is 4.79 Å². The predicted octanol–water partition coefficient (Wildman–Crippen LogP) is 13.2. The number of aromatic carboxylic acids is 1. The van der Waals surface area contributed by atoms with E-state index in [1.54, 1.807) is 12.1 Å². The molecule has 46 heavy (non-hydrogen) atoms. The number of para-hydroxylation sites is 1. The summed E-state index contributed by atoms with van der Waals surface area (Å²) in [5.41, 5.74) is -0.0671. The lowest BCUT2D eigenvalue weighted by Crippen LogP contribution is -2.05. The lowest BCUT2D eigenvalue weighted by atomic mass is 10.0. The minimum atomic E-state index is -1.11. The molecule has 268 valence electrons. The van der Waals surface area contributed by atoms with Crippen LogP contribution in [0.25, 0.3) is 0 Å². The standard InChI is InChI=1S/C34H68O2.C7H6O3/c1-4-5-6-7-8-9-10-11-12-13-16-19-22-25-28-31-34(35)36-32-29-26-23-20-17-14-15-18-21-24-27-30-33(2)3;8-6-4-2-1-3-5(6)7(9)10/h33H,4-32H2,1-3H3;1-4,8H,(H,9,10). The minimum Gasteiger partial charge on any atom is -0.507 e. The summed E-state index contributed by atoms with van der Waals surface area (Å²) in [6.07, 6.45) is 37.2. The Morgan fingerprint density at radius 3 is 1.37 bits per heavy atom. The number of carbonyl (C=O) groups excluding carboxylic acids is 1. The molecule has 0 aromatic heterocycles. The summed E-state index contributed by atoms with van der Waals surface area (Å²) in [7, 11) is 0. The zero-order valence-corrected chi connectivity index (χ0v) is 30.5. The maximum Gasteiger partial charge on any atom is 0.339 e. The van der Waals surface area contributed by atoms with Crippen molar-refractivity contribution in [2.45, 2.75) is 201 Å². The van der Waals surface area contributed by atoms with E-state index < -0.39 is 5.97 Å². The van der Waals surface area contributed by atoms with Crippen molar-refractivity contribution in [3.63, 3.8) is 0 Å². The topological polar surface area (TPSA) is 83.8 Å². The Morgan fingerprint density at radius 1 is 0.587 bits per heavy atom. The zero-order valence-electron chi connectivity index (χ0n) is 30.5. The third-order valence-corrected chi connectivity index (χ3v) is 8.81. The summed E-state index contributed by atoms with van der Waals surface area (Å²) in [4.78, 5) is 22.2. The van der Waals surface area contributed by atoms with Crippen molar-refractivity contribution in [1.82, 2.24) is 0 Å². The molecule has 1 aromatic rings. The van der Waals surface area contributed by atoms with E-state index in [1.807, 2.05) is 0 Å². The number of esters is 1. The van der Waals surface area contributed by atoms with Crippen LogP contribution in [0.2, 0.25) is 0 Å². The number of benzene rings is 1. The SMILES string of the molecule is CCCCCCCCCCCCCCCCCC(=O)OCCCCCCCCCCCCCC(C)C.O=C(O)c1ccccc1O. The maximum atomic E-state index is 11.9. The Labute approximate surface area is 284 Å². The van der Waals surface area contributed by atoms with E-state index in [9.17, 15) is 9.59 Å². The van der Waals surface area contributed by atoms with Gasteiger partial charge in [-0.15, -0.1) is 0 Å². The van der Waals surface area contributed by atoms with Crippen LogP contribution >= 0.6 is 0 Å². The summed E-state index contributed by atoms with van der Waals surface area (Å²) in [5.74, 6) is -0.418. The zero-order chi connectivity index (χ0) is 33.9. The maximum absolute atomic E-state index is 11.9. The van der Waals surface area contributed by atoms with Crippen LogP contribution in [-0.2, 0) is 9.53 Å². The van der Waals surface area contributed by atoms with Crippen LogP contribution in [0.4, 0.5) is 0 Å². The summed E-state index contributed by atoms with van der Waals surface area (Å²) in [6.45, 7) is 7.57. The van der Waals surface area contributed by atoms with Crippen LogP contribution in [0.3, 0.4) is 0 Å². The van der Waals surface area contributed by atoms with E-state index in [0.29, 0.717) is 13.0 Å². The van der Waals surface area contributed by atoms with Crippen molar-refractivity contribution in [3.8, 4) is 5.75 Å². The van der Waals surface area contributed by atoms with Gasteiger partial charge in [-0.05, 0) is 30.9 Å². The first-order valence-corrected chi connectivity index (χ1v) is 19.5. The molecule has 0 radical (unpaired) electrons. The fourth-order valence-corrected chi connectivity index (χ4v) is 5.80. The summed E-state index contributed by atoms with van der Waals surface area (Å²) < 4.78 is 5.43. The van der Waals surface area contributed by atoms with E-state index in [-0.39, 0.29) is 17.3 Å². The number of hydrogen-bond donors (Lipinski definition) is 2. The van der Waals surface area contributed by atoms with Crippen molar-refractivity contribution in [2.24, 2.45) is 5.92 Å². The van der Waals surface area contributed by atoms with Gasteiger partial charge in [-0.1, -0.05) is 193 Å². The highest BCUT2D eigenvalue weighted by Gasteiger charge is 2.06. The van der Waals surface area contributed by atoms with Crippen molar-refractivity contribution >= 4 is 11.9 Å².